The topological polar surface area (TPSA) is 37.8 Å². The fourth-order valence-corrected chi connectivity index (χ4v) is 2.56. The van der Waals surface area contributed by atoms with E-state index in [1.807, 2.05) is 0 Å². The zero-order valence-corrected chi connectivity index (χ0v) is 12.3. The Labute approximate surface area is 121 Å². The van der Waals surface area contributed by atoms with E-state index >= 15 is 0 Å². The van der Waals surface area contributed by atoms with Crippen molar-refractivity contribution < 1.29 is 8.78 Å². The molecule has 0 fully saturated rings. The largest absolute Gasteiger partial charge is 0.310 e. The third kappa shape index (κ3) is 4.31. The zero-order chi connectivity index (χ0) is 14.5. The monoisotopic (exact) mass is 297 g/mol. The molecule has 0 bridgehead atoms. The molecule has 1 aromatic heterocycles. The molecule has 0 aliphatic carbocycles. The third-order valence-corrected chi connectivity index (χ3v) is 3.62. The van der Waals surface area contributed by atoms with Crippen LogP contribution in [-0.4, -0.2) is 16.7 Å². The molecule has 1 aromatic carbocycles. The van der Waals surface area contributed by atoms with Crippen LogP contribution in [0.3, 0.4) is 0 Å². The van der Waals surface area contributed by atoms with Crippen molar-refractivity contribution in [1.82, 2.24) is 15.5 Å². The van der Waals surface area contributed by atoms with Gasteiger partial charge in [-0.2, -0.15) is 0 Å². The van der Waals surface area contributed by atoms with Crippen LogP contribution in [0.4, 0.5) is 8.78 Å². The highest BCUT2D eigenvalue weighted by molar-refractivity contribution is 7.11. The van der Waals surface area contributed by atoms with Gasteiger partial charge >= 0.3 is 0 Å². The molecule has 20 heavy (non-hydrogen) atoms. The summed E-state index contributed by atoms with van der Waals surface area (Å²) in [6, 6.07) is 3.59. The Kier molecular flexibility index (Phi) is 5.14. The standard InChI is InChI=1S/C14H17F2N3S/c1-9(2)7-17-8-14-19-18-13(20-14)5-10-3-4-11(15)6-12(10)16/h3-4,6,9,17H,5,7-8H2,1-2H3. The number of halogens is 2. The van der Waals surface area contributed by atoms with E-state index in [1.165, 1.54) is 23.5 Å². The summed E-state index contributed by atoms with van der Waals surface area (Å²) in [5.74, 6) is -0.530. The van der Waals surface area contributed by atoms with E-state index in [-0.39, 0.29) is 0 Å². The van der Waals surface area contributed by atoms with Crippen LogP contribution >= 0.6 is 11.3 Å². The van der Waals surface area contributed by atoms with Crippen LogP contribution in [0.1, 0.15) is 29.4 Å². The number of nitrogens with zero attached hydrogens (tertiary/aromatic N) is 2. The Morgan fingerprint density at radius 1 is 1.20 bits per heavy atom. The predicted octanol–water partition coefficient (Wildman–Crippen LogP) is 3.15. The fraction of sp³-hybridized carbons (Fsp3) is 0.429. The molecule has 3 nitrogen and oxygen atoms in total. The lowest BCUT2D eigenvalue weighted by molar-refractivity contribution is 0.550. The lowest BCUT2D eigenvalue weighted by Crippen LogP contribution is -2.18. The van der Waals surface area contributed by atoms with Crippen molar-refractivity contribution in [2.24, 2.45) is 5.92 Å². The van der Waals surface area contributed by atoms with E-state index in [1.54, 1.807) is 0 Å². The highest BCUT2D eigenvalue weighted by Gasteiger charge is 2.09. The summed E-state index contributed by atoms with van der Waals surface area (Å²) in [5.41, 5.74) is 0.434. The predicted molar refractivity (Wildman–Crippen MR) is 75.6 cm³/mol. The molecule has 0 saturated carbocycles. The van der Waals surface area contributed by atoms with Gasteiger partial charge in [0.2, 0.25) is 0 Å². The van der Waals surface area contributed by atoms with Crippen molar-refractivity contribution in [3.63, 3.8) is 0 Å². The normalized spacial score (nSPS) is 11.2. The van der Waals surface area contributed by atoms with E-state index in [4.69, 9.17) is 0 Å². The van der Waals surface area contributed by atoms with Gasteiger partial charge in [0.1, 0.15) is 21.6 Å². The highest BCUT2D eigenvalue weighted by atomic mass is 32.1. The second-order valence-corrected chi connectivity index (χ2v) is 6.17. The molecule has 0 amide bonds. The first-order chi connectivity index (χ1) is 9.54. The Morgan fingerprint density at radius 2 is 1.95 bits per heavy atom. The molecule has 0 aliphatic heterocycles. The zero-order valence-electron chi connectivity index (χ0n) is 11.5. The van der Waals surface area contributed by atoms with Crippen LogP contribution in [0.25, 0.3) is 0 Å². The summed E-state index contributed by atoms with van der Waals surface area (Å²) in [6.45, 7) is 5.86. The molecule has 1 N–H and O–H groups in total. The molecular weight excluding hydrogens is 280 g/mol. The molecule has 0 aliphatic rings. The fourth-order valence-electron chi connectivity index (χ4n) is 1.73. The second-order valence-electron chi connectivity index (χ2n) is 5.03. The van der Waals surface area contributed by atoms with Gasteiger partial charge in [0.25, 0.3) is 0 Å². The molecule has 2 aromatic rings. The van der Waals surface area contributed by atoms with Gasteiger partial charge in [-0.1, -0.05) is 31.3 Å². The minimum absolute atomic E-state index is 0.341. The number of hydrogen-bond acceptors (Lipinski definition) is 4. The summed E-state index contributed by atoms with van der Waals surface area (Å²) in [7, 11) is 0. The summed E-state index contributed by atoms with van der Waals surface area (Å²) in [5, 5.41) is 13.0. The number of rotatable bonds is 6. The minimum atomic E-state index is -0.568. The maximum atomic E-state index is 13.5. The van der Waals surface area contributed by atoms with Gasteiger partial charge in [0.05, 0.1) is 0 Å². The van der Waals surface area contributed by atoms with Crippen LogP contribution in [0.5, 0.6) is 0 Å². The molecule has 0 unspecified atom stereocenters. The van der Waals surface area contributed by atoms with Crippen LogP contribution in [0.15, 0.2) is 18.2 Å². The molecular formula is C14H17F2N3S. The van der Waals surface area contributed by atoms with Crippen molar-refractivity contribution in [2.45, 2.75) is 26.8 Å². The first-order valence-electron chi connectivity index (χ1n) is 6.50. The van der Waals surface area contributed by atoms with Gasteiger partial charge in [0, 0.05) is 19.0 Å². The van der Waals surface area contributed by atoms with Crippen molar-refractivity contribution in [2.75, 3.05) is 6.54 Å². The average molecular weight is 297 g/mol. The van der Waals surface area contributed by atoms with Gasteiger partial charge in [0.15, 0.2) is 0 Å². The first-order valence-corrected chi connectivity index (χ1v) is 7.32. The highest BCUT2D eigenvalue weighted by Crippen LogP contribution is 2.17. The van der Waals surface area contributed by atoms with Gasteiger partial charge in [-0.3, -0.25) is 0 Å². The number of nitrogens with one attached hydrogen (secondary N) is 1. The third-order valence-electron chi connectivity index (χ3n) is 2.69. The summed E-state index contributed by atoms with van der Waals surface area (Å²) in [6.07, 6.45) is 0.341. The minimum Gasteiger partial charge on any atom is -0.310 e. The lowest BCUT2D eigenvalue weighted by Gasteiger charge is -2.04. The van der Waals surface area contributed by atoms with E-state index in [9.17, 15) is 8.78 Å². The van der Waals surface area contributed by atoms with E-state index < -0.39 is 11.6 Å². The Morgan fingerprint density at radius 3 is 2.65 bits per heavy atom. The molecule has 0 saturated heterocycles. The quantitative estimate of drug-likeness (QED) is 0.890. The number of aromatic nitrogens is 2. The molecule has 0 atom stereocenters. The maximum absolute atomic E-state index is 13.5. The maximum Gasteiger partial charge on any atom is 0.131 e. The van der Waals surface area contributed by atoms with E-state index in [0.717, 1.165) is 22.6 Å². The summed E-state index contributed by atoms with van der Waals surface area (Å²) >= 11 is 1.45. The van der Waals surface area contributed by atoms with Crippen molar-refractivity contribution in [1.29, 1.82) is 0 Å². The van der Waals surface area contributed by atoms with Crippen molar-refractivity contribution in [3.8, 4) is 0 Å². The Bertz CT molecular complexity index is 569. The molecule has 108 valence electrons. The second kappa shape index (κ2) is 6.85. The number of benzene rings is 1. The van der Waals surface area contributed by atoms with Crippen molar-refractivity contribution in [3.05, 3.63) is 45.4 Å². The van der Waals surface area contributed by atoms with Crippen LogP contribution in [-0.2, 0) is 13.0 Å². The van der Waals surface area contributed by atoms with E-state index in [0.29, 0.717) is 24.4 Å². The smallest absolute Gasteiger partial charge is 0.131 e. The average Bonchev–Trinajstić information content (AvgIpc) is 2.80. The Balaban J connectivity index is 1.95. The van der Waals surface area contributed by atoms with E-state index in [2.05, 4.69) is 29.4 Å². The molecule has 0 spiro atoms. The molecule has 0 radical (unpaired) electrons. The molecule has 6 heteroatoms. The van der Waals surface area contributed by atoms with Gasteiger partial charge in [-0.25, -0.2) is 8.78 Å². The molecule has 1 heterocycles. The van der Waals surface area contributed by atoms with Crippen LogP contribution in [0.2, 0.25) is 0 Å². The summed E-state index contributed by atoms with van der Waals surface area (Å²) in [4.78, 5) is 0. The van der Waals surface area contributed by atoms with Crippen molar-refractivity contribution >= 4 is 11.3 Å². The van der Waals surface area contributed by atoms with Gasteiger partial charge in [-0.15, -0.1) is 10.2 Å². The van der Waals surface area contributed by atoms with Gasteiger partial charge in [-0.05, 0) is 24.1 Å². The summed E-state index contributed by atoms with van der Waals surface area (Å²) < 4.78 is 26.4. The van der Waals surface area contributed by atoms with Crippen LogP contribution < -0.4 is 5.32 Å². The lowest BCUT2D eigenvalue weighted by atomic mass is 10.1. The SMILES string of the molecule is CC(C)CNCc1nnc(Cc2ccc(F)cc2F)s1. The first kappa shape index (κ1) is 15.0. The Hall–Kier alpha value is -1.40. The van der Waals surface area contributed by atoms with Gasteiger partial charge < -0.3 is 5.32 Å². The van der Waals surface area contributed by atoms with Crippen LogP contribution in [0, 0.1) is 17.6 Å². The molecule has 2 rings (SSSR count). The number of hydrogen-bond donors (Lipinski definition) is 1.